The Bertz CT molecular complexity index is 270. The maximum Gasteiger partial charge on any atom is 0.0943 e. The van der Waals surface area contributed by atoms with Crippen LogP contribution < -0.4 is 5.32 Å². The fraction of sp³-hybridized carbons (Fsp3) is 0.750. The van der Waals surface area contributed by atoms with Crippen molar-refractivity contribution in [3.8, 4) is 0 Å². The summed E-state index contributed by atoms with van der Waals surface area (Å²) in [4.78, 5) is 4.60. The van der Waals surface area contributed by atoms with Crippen molar-refractivity contribution in [2.45, 2.75) is 52.5 Å². The van der Waals surface area contributed by atoms with Crippen LogP contribution in [0.2, 0.25) is 0 Å². The number of rotatable bonds is 7. The van der Waals surface area contributed by atoms with Gasteiger partial charge >= 0.3 is 0 Å². The Morgan fingerprint density at radius 2 is 2.20 bits per heavy atom. The molecule has 0 saturated heterocycles. The van der Waals surface area contributed by atoms with Gasteiger partial charge in [-0.3, -0.25) is 0 Å². The van der Waals surface area contributed by atoms with Crippen LogP contribution in [-0.4, -0.2) is 17.6 Å². The van der Waals surface area contributed by atoms with Gasteiger partial charge in [0.15, 0.2) is 0 Å². The Morgan fingerprint density at radius 1 is 1.40 bits per heavy atom. The molecule has 1 N–H and O–H groups in total. The van der Waals surface area contributed by atoms with Gasteiger partial charge in [0, 0.05) is 17.8 Å². The molecule has 1 unspecified atom stereocenters. The van der Waals surface area contributed by atoms with E-state index in [9.17, 15) is 0 Å². The maximum absolute atomic E-state index is 4.60. The molecule has 0 bridgehead atoms. The first-order chi connectivity index (χ1) is 7.30. The van der Waals surface area contributed by atoms with Gasteiger partial charge in [0.2, 0.25) is 0 Å². The van der Waals surface area contributed by atoms with Gasteiger partial charge in [0.05, 0.1) is 10.7 Å². The molecule has 0 aliphatic heterocycles. The van der Waals surface area contributed by atoms with E-state index < -0.39 is 0 Å². The highest BCUT2D eigenvalue weighted by Crippen LogP contribution is 2.13. The average Bonchev–Trinajstić information content (AvgIpc) is 2.71. The zero-order valence-electron chi connectivity index (χ0n) is 10.0. The number of thiazole rings is 1. The first-order valence-corrected chi connectivity index (χ1v) is 6.84. The van der Waals surface area contributed by atoms with E-state index in [-0.39, 0.29) is 0 Å². The highest BCUT2D eigenvalue weighted by Gasteiger charge is 2.08. The molecule has 1 atom stereocenters. The molecule has 0 aliphatic rings. The molecule has 0 aromatic carbocycles. The molecule has 2 nitrogen and oxygen atoms in total. The molecule has 0 saturated carbocycles. The quantitative estimate of drug-likeness (QED) is 0.773. The van der Waals surface area contributed by atoms with E-state index in [1.165, 1.54) is 23.5 Å². The third-order valence-electron chi connectivity index (χ3n) is 2.56. The van der Waals surface area contributed by atoms with Crippen molar-refractivity contribution in [2.24, 2.45) is 0 Å². The van der Waals surface area contributed by atoms with Crippen LogP contribution >= 0.6 is 11.3 Å². The SMILES string of the molecule is CCCNC(CC)Cc1nc(CC)cs1. The molecule has 1 heterocycles. The van der Waals surface area contributed by atoms with E-state index >= 15 is 0 Å². The predicted molar refractivity (Wildman–Crippen MR) is 67.6 cm³/mol. The Labute approximate surface area is 97.1 Å². The minimum absolute atomic E-state index is 0.598. The van der Waals surface area contributed by atoms with Crippen molar-refractivity contribution in [1.82, 2.24) is 10.3 Å². The molecule has 0 fully saturated rings. The summed E-state index contributed by atoms with van der Waals surface area (Å²) in [6.45, 7) is 7.72. The summed E-state index contributed by atoms with van der Waals surface area (Å²) in [6.07, 6.45) is 4.52. The van der Waals surface area contributed by atoms with Gasteiger partial charge in [0.1, 0.15) is 0 Å². The Hall–Kier alpha value is -0.410. The highest BCUT2D eigenvalue weighted by molar-refractivity contribution is 7.09. The molecule has 0 aliphatic carbocycles. The van der Waals surface area contributed by atoms with Gasteiger partial charge in [-0.25, -0.2) is 4.98 Å². The monoisotopic (exact) mass is 226 g/mol. The van der Waals surface area contributed by atoms with Crippen LogP contribution in [0.4, 0.5) is 0 Å². The summed E-state index contributed by atoms with van der Waals surface area (Å²) in [7, 11) is 0. The molecule has 0 spiro atoms. The van der Waals surface area contributed by atoms with Gasteiger partial charge in [-0.2, -0.15) is 0 Å². The van der Waals surface area contributed by atoms with Crippen LogP contribution in [0.3, 0.4) is 0 Å². The molecular weight excluding hydrogens is 204 g/mol. The van der Waals surface area contributed by atoms with Crippen molar-refractivity contribution in [1.29, 1.82) is 0 Å². The topological polar surface area (TPSA) is 24.9 Å². The molecule has 3 heteroatoms. The Kier molecular flexibility index (Phi) is 5.88. The van der Waals surface area contributed by atoms with Crippen molar-refractivity contribution >= 4 is 11.3 Å². The lowest BCUT2D eigenvalue weighted by molar-refractivity contribution is 0.493. The molecule has 1 aromatic heterocycles. The van der Waals surface area contributed by atoms with Crippen molar-refractivity contribution in [3.63, 3.8) is 0 Å². The van der Waals surface area contributed by atoms with Crippen LogP contribution in [0.15, 0.2) is 5.38 Å². The van der Waals surface area contributed by atoms with E-state index in [1.54, 1.807) is 11.3 Å². The molecule has 1 rings (SSSR count). The summed E-state index contributed by atoms with van der Waals surface area (Å²) in [5.74, 6) is 0. The van der Waals surface area contributed by atoms with Crippen LogP contribution in [0.5, 0.6) is 0 Å². The number of hydrogen-bond acceptors (Lipinski definition) is 3. The summed E-state index contributed by atoms with van der Waals surface area (Å²) in [5, 5.41) is 7.02. The summed E-state index contributed by atoms with van der Waals surface area (Å²) in [5.41, 5.74) is 1.24. The third-order valence-corrected chi connectivity index (χ3v) is 3.48. The van der Waals surface area contributed by atoms with E-state index in [0.29, 0.717) is 6.04 Å². The van der Waals surface area contributed by atoms with Gasteiger partial charge in [0.25, 0.3) is 0 Å². The standard InChI is InChI=1S/C12H22N2S/c1-4-7-13-10(5-2)8-12-14-11(6-3)9-15-12/h9-10,13H,4-8H2,1-3H3. The normalized spacial score (nSPS) is 13.0. The van der Waals surface area contributed by atoms with Crippen LogP contribution in [0, 0.1) is 0 Å². The number of aryl methyl sites for hydroxylation is 1. The van der Waals surface area contributed by atoms with E-state index in [2.05, 4.69) is 36.5 Å². The summed E-state index contributed by atoms with van der Waals surface area (Å²) >= 11 is 1.80. The summed E-state index contributed by atoms with van der Waals surface area (Å²) in [6, 6.07) is 0.598. The summed E-state index contributed by atoms with van der Waals surface area (Å²) < 4.78 is 0. The third kappa shape index (κ3) is 4.31. The van der Waals surface area contributed by atoms with Gasteiger partial charge < -0.3 is 5.32 Å². The van der Waals surface area contributed by atoms with Crippen molar-refractivity contribution in [2.75, 3.05) is 6.54 Å². The Morgan fingerprint density at radius 3 is 2.73 bits per heavy atom. The first kappa shape index (κ1) is 12.7. The zero-order chi connectivity index (χ0) is 11.1. The molecule has 1 aromatic rings. The second-order valence-corrected chi connectivity index (χ2v) is 4.79. The minimum atomic E-state index is 0.598. The van der Waals surface area contributed by atoms with Gasteiger partial charge in [-0.1, -0.05) is 20.8 Å². The zero-order valence-corrected chi connectivity index (χ0v) is 10.9. The lowest BCUT2D eigenvalue weighted by atomic mass is 10.1. The van der Waals surface area contributed by atoms with Gasteiger partial charge in [-0.15, -0.1) is 11.3 Å². The molecule has 15 heavy (non-hydrogen) atoms. The average molecular weight is 226 g/mol. The second kappa shape index (κ2) is 6.96. The highest BCUT2D eigenvalue weighted by atomic mass is 32.1. The second-order valence-electron chi connectivity index (χ2n) is 3.85. The van der Waals surface area contributed by atoms with Gasteiger partial charge in [-0.05, 0) is 25.8 Å². The number of nitrogens with zero attached hydrogens (tertiary/aromatic N) is 1. The minimum Gasteiger partial charge on any atom is -0.314 e. The Balaban J connectivity index is 2.43. The lowest BCUT2D eigenvalue weighted by Crippen LogP contribution is -2.31. The smallest absolute Gasteiger partial charge is 0.0943 e. The van der Waals surface area contributed by atoms with Crippen molar-refractivity contribution in [3.05, 3.63) is 16.1 Å². The van der Waals surface area contributed by atoms with Crippen LogP contribution in [-0.2, 0) is 12.8 Å². The molecule has 0 radical (unpaired) electrons. The largest absolute Gasteiger partial charge is 0.314 e. The lowest BCUT2D eigenvalue weighted by Gasteiger charge is -2.14. The first-order valence-electron chi connectivity index (χ1n) is 5.96. The molecule has 0 amide bonds. The maximum atomic E-state index is 4.60. The predicted octanol–water partition coefficient (Wildman–Crippen LogP) is 3.03. The van der Waals surface area contributed by atoms with E-state index in [1.807, 2.05) is 0 Å². The number of aromatic nitrogens is 1. The van der Waals surface area contributed by atoms with Crippen LogP contribution in [0.1, 0.15) is 44.3 Å². The van der Waals surface area contributed by atoms with Crippen LogP contribution in [0.25, 0.3) is 0 Å². The van der Waals surface area contributed by atoms with E-state index in [4.69, 9.17) is 0 Å². The molecule has 86 valence electrons. The fourth-order valence-corrected chi connectivity index (χ4v) is 2.48. The number of nitrogens with one attached hydrogen (secondary N) is 1. The molecular formula is C12H22N2S. The van der Waals surface area contributed by atoms with E-state index in [0.717, 1.165) is 19.4 Å². The number of hydrogen-bond donors (Lipinski definition) is 1. The van der Waals surface area contributed by atoms with Crippen molar-refractivity contribution < 1.29 is 0 Å². The fourth-order valence-electron chi connectivity index (χ4n) is 1.53.